The number of primary amides is 1. The molecule has 1 atom stereocenters. The smallest absolute Gasteiger partial charge is 0.237 e. The molecule has 1 fully saturated rings. The molecule has 0 aromatic rings. The highest BCUT2D eigenvalue weighted by molar-refractivity contribution is 5.80. The second kappa shape index (κ2) is 3.64. The van der Waals surface area contributed by atoms with Gasteiger partial charge in [-0.2, -0.15) is 0 Å². The third-order valence-electron chi connectivity index (χ3n) is 2.32. The maximum absolute atomic E-state index is 11.1. The number of rotatable bonds is 1. The summed E-state index contributed by atoms with van der Waals surface area (Å²) in [5.74, 6) is -0.297. The summed E-state index contributed by atoms with van der Waals surface area (Å²) in [5.41, 5.74) is 5.27. The molecule has 0 aliphatic carbocycles. The first-order valence-corrected chi connectivity index (χ1v) is 4.57. The Bertz CT molecular complexity index is 198. The largest absolute Gasteiger partial charge is 0.378 e. The molecule has 0 bridgehead atoms. The zero-order valence-corrected chi connectivity index (χ0v) is 8.54. The van der Waals surface area contributed by atoms with Crippen molar-refractivity contribution >= 4 is 5.91 Å². The summed E-state index contributed by atoms with van der Waals surface area (Å²) in [6.07, 6.45) is 0. The monoisotopic (exact) mass is 186 g/mol. The first-order chi connectivity index (χ1) is 5.93. The van der Waals surface area contributed by atoms with E-state index in [9.17, 15) is 4.79 Å². The van der Waals surface area contributed by atoms with Gasteiger partial charge in [0.15, 0.2) is 0 Å². The van der Waals surface area contributed by atoms with Gasteiger partial charge >= 0.3 is 0 Å². The quantitative estimate of drug-likeness (QED) is 0.625. The second-order valence-corrected chi connectivity index (χ2v) is 4.36. The lowest BCUT2D eigenvalue weighted by molar-refractivity contribution is -0.133. The Kier molecular flexibility index (Phi) is 2.93. The van der Waals surface area contributed by atoms with Crippen molar-refractivity contribution in [3.63, 3.8) is 0 Å². The van der Waals surface area contributed by atoms with Gasteiger partial charge in [0, 0.05) is 12.1 Å². The van der Waals surface area contributed by atoms with Crippen LogP contribution in [0.25, 0.3) is 0 Å². The van der Waals surface area contributed by atoms with Crippen LogP contribution in [0.5, 0.6) is 0 Å². The Labute approximate surface area is 79.0 Å². The van der Waals surface area contributed by atoms with Crippen LogP contribution in [0, 0.1) is 0 Å². The highest BCUT2D eigenvalue weighted by atomic mass is 16.5. The van der Waals surface area contributed by atoms with Gasteiger partial charge < -0.3 is 10.5 Å². The highest BCUT2D eigenvalue weighted by Crippen LogP contribution is 2.19. The Balaban J connectivity index is 2.73. The van der Waals surface area contributed by atoms with Gasteiger partial charge in [-0.1, -0.05) is 0 Å². The van der Waals surface area contributed by atoms with Crippen LogP contribution in [-0.2, 0) is 9.53 Å². The van der Waals surface area contributed by atoms with Crippen LogP contribution in [0.2, 0.25) is 0 Å². The van der Waals surface area contributed by atoms with E-state index in [0.29, 0.717) is 13.2 Å². The molecule has 76 valence electrons. The lowest BCUT2D eigenvalue weighted by Gasteiger charge is -2.42. The Morgan fingerprint density at radius 3 is 2.54 bits per heavy atom. The van der Waals surface area contributed by atoms with Crippen molar-refractivity contribution in [1.82, 2.24) is 4.90 Å². The number of hydrogen-bond donors (Lipinski definition) is 1. The fraction of sp³-hybridized carbons (Fsp3) is 0.889. The van der Waals surface area contributed by atoms with Gasteiger partial charge in [0.25, 0.3) is 0 Å². The lowest BCUT2D eigenvalue weighted by atomic mass is 10.0. The van der Waals surface area contributed by atoms with Crippen LogP contribution in [0.4, 0.5) is 0 Å². The minimum atomic E-state index is -0.297. The van der Waals surface area contributed by atoms with Gasteiger partial charge in [-0.25, -0.2) is 0 Å². The minimum Gasteiger partial charge on any atom is -0.378 e. The third kappa shape index (κ3) is 2.42. The van der Waals surface area contributed by atoms with E-state index in [4.69, 9.17) is 10.5 Å². The fourth-order valence-electron chi connectivity index (χ4n) is 1.64. The summed E-state index contributed by atoms with van der Waals surface area (Å²) in [6.45, 7) is 8.11. The minimum absolute atomic E-state index is 0.0243. The van der Waals surface area contributed by atoms with Crippen molar-refractivity contribution in [2.45, 2.75) is 32.4 Å². The van der Waals surface area contributed by atoms with Crippen molar-refractivity contribution in [1.29, 1.82) is 0 Å². The maximum Gasteiger partial charge on any atom is 0.237 e. The van der Waals surface area contributed by atoms with Gasteiger partial charge in [0.05, 0.1) is 13.2 Å². The standard InChI is InChI=1S/C9H18N2O2/c1-9(2,3)11-4-5-13-6-7(11)8(10)12/h7H,4-6H2,1-3H3,(H2,10,12). The molecule has 1 heterocycles. The molecular formula is C9H18N2O2. The molecule has 4 nitrogen and oxygen atoms in total. The number of ether oxygens (including phenoxy) is 1. The normalized spacial score (nSPS) is 25.9. The van der Waals surface area contributed by atoms with Gasteiger partial charge in [-0.3, -0.25) is 9.69 Å². The van der Waals surface area contributed by atoms with E-state index in [1.807, 2.05) is 0 Å². The van der Waals surface area contributed by atoms with E-state index in [-0.39, 0.29) is 17.5 Å². The fourth-order valence-corrected chi connectivity index (χ4v) is 1.64. The molecule has 13 heavy (non-hydrogen) atoms. The zero-order chi connectivity index (χ0) is 10.1. The molecule has 0 saturated carbocycles. The molecule has 0 radical (unpaired) electrons. The predicted octanol–water partition coefficient (Wildman–Crippen LogP) is -0.0290. The van der Waals surface area contributed by atoms with E-state index in [1.165, 1.54) is 0 Å². The summed E-state index contributed by atoms with van der Waals surface area (Å²) in [4.78, 5) is 13.2. The van der Waals surface area contributed by atoms with Crippen molar-refractivity contribution < 1.29 is 9.53 Å². The van der Waals surface area contributed by atoms with Crippen LogP contribution in [-0.4, -0.2) is 42.1 Å². The van der Waals surface area contributed by atoms with Crippen LogP contribution < -0.4 is 5.73 Å². The average molecular weight is 186 g/mol. The molecule has 1 aliphatic rings. The van der Waals surface area contributed by atoms with Crippen molar-refractivity contribution in [3.8, 4) is 0 Å². The van der Waals surface area contributed by atoms with Crippen LogP contribution in [0.3, 0.4) is 0 Å². The number of nitrogens with two attached hydrogens (primary N) is 1. The summed E-state index contributed by atoms with van der Waals surface area (Å²) in [6, 6.07) is -0.270. The predicted molar refractivity (Wildman–Crippen MR) is 50.3 cm³/mol. The van der Waals surface area contributed by atoms with E-state index in [2.05, 4.69) is 25.7 Å². The molecule has 1 aliphatic heterocycles. The van der Waals surface area contributed by atoms with Gasteiger partial charge in [0.1, 0.15) is 6.04 Å². The molecule has 1 rings (SSSR count). The number of amides is 1. The van der Waals surface area contributed by atoms with Gasteiger partial charge in [-0.05, 0) is 20.8 Å². The van der Waals surface area contributed by atoms with Crippen molar-refractivity contribution in [2.75, 3.05) is 19.8 Å². The molecule has 0 spiro atoms. The molecular weight excluding hydrogens is 168 g/mol. The molecule has 0 aromatic heterocycles. The number of carbonyl (C=O) groups excluding carboxylic acids is 1. The van der Waals surface area contributed by atoms with Crippen molar-refractivity contribution in [3.05, 3.63) is 0 Å². The highest BCUT2D eigenvalue weighted by Gasteiger charge is 2.34. The Hall–Kier alpha value is -0.610. The molecule has 2 N–H and O–H groups in total. The van der Waals surface area contributed by atoms with E-state index in [0.717, 1.165) is 6.54 Å². The number of carbonyl (C=O) groups is 1. The molecule has 4 heteroatoms. The maximum atomic E-state index is 11.1. The summed E-state index contributed by atoms with van der Waals surface area (Å²) < 4.78 is 5.23. The van der Waals surface area contributed by atoms with Crippen LogP contribution in [0.1, 0.15) is 20.8 Å². The number of nitrogens with zero attached hydrogens (tertiary/aromatic N) is 1. The zero-order valence-electron chi connectivity index (χ0n) is 8.54. The average Bonchev–Trinajstić information content (AvgIpc) is 2.03. The van der Waals surface area contributed by atoms with Gasteiger partial charge in [-0.15, -0.1) is 0 Å². The van der Waals surface area contributed by atoms with Crippen LogP contribution >= 0.6 is 0 Å². The lowest BCUT2D eigenvalue weighted by Crippen LogP contribution is -2.59. The SMILES string of the molecule is CC(C)(C)N1CCOCC1C(N)=O. The molecule has 0 aromatic carbocycles. The summed E-state index contributed by atoms with van der Waals surface area (Å²) in [5, 5.41) is 0. The number of hydrogen-bond acceptors (Lipinski definition) is 3. The molecule has 1 unspecified atom stereocenters. The topological polar surface area (TPSA) is 55.6 Å². The Morgan fingerprint density at radius 1 is 1.54 bits per heavy atom. The number of morpholine rings is 1. The van der Waals surface area contributed by atoms with E-state index < -0.39 is 0 Å². The first-order valence-electron chi connectivity index (χ1n) is 4.57. The van der Waals surface area contributed by atoms with E-state index in [1.54, 1.807) is 0 Å². The molecule has 1 saturated heterocycles. The van der Waals surface area contributed by atoms with E-state index >= 15 is 0 Å². The second-order valence-electron chi connectivity index (χ2n) is 4.36. The summed E-state index contributed by atoms with van der Waals surface area (Å²) >= 11 is 0. The Morgan fingerprint density at radius 2 is 2.15 bits per heavy atom. The van der Waals surface area contributed by atoms with Crippen molar-refractivity contribution in [2.24, 2.45) is 5.73 Å². The first kappa shape index (κ1) is 10.5. The van der Waals surface area contributed by atoms with Crippen LogP contribution in [0.15, 0.2) is 0 Å². The summed E-state index contributed by atoms with van der Waals surface area (Å²) in [7, 11) is 0. The third-order valence-corrected chi connectivity index (χ3v) is 2.32. The van der Waals surface area contributed by atoms with Gasteiger partial charge in [0.2, 0.25) is 5.91 Å². The molecule has 1 amide bonds.